The molecular weight excluding hydrogens is 198 g/mol. The van der Waals surface area contributed by atoms with E-state index in [-0.39, 0.29) is 11.7 Å². The van der Waals surface area contributed by atoms with Crippen LogP contribution in [-0.2, 0) is 0 Å². The van der Waals surface area contributed by atoms with Gasteiger partial charge >= 0.3 is 5.69 Å². The Kier molecular flexibility index (Phi) is 3.84. The molecule has 76 valence electrons. The fourth-order valence-electron chi connectivity index (χ4n) is 1.05. The SMILES string of the molecule is C#CCCSc1n[nH]c(=O)n1C(C)C. The van der Waals surface area contributed by atoms with E-state index in [1.54, 1.807) is 4.57 Å². The highest BCUT2D eigenvalue weighted by Gasteiger charge is 2.10. The molecule has 1 rings (SSSR count). The predicted molar refractivity (Wildman–Crippen MR) is 57.4 cm³/mol. The van der Waals surface area contributed by atoms with Crippen LogP contribution in [0.25, 0.3) is 0 Å². The van der Waals surface area contributed by atoms with Gasteiger partial charge in [0.2, 0.25) is 0 Å². The molecule has 0 amide bonds. The molecule has 1 aromatic heterocycles. The number of rotatable bonds is 4. The lowest BCUT2D eigenvalue weighted by atomic mass is 10.4. The lowest BCUT2D eigenvalue weighted by molar-refractivity contribution is 0.534. The molecule has 0 aliphatic carbocycles. The summed E-state index contributed by atoms with van der Waals surface area (Å²) in [5.74, 6) is 3.33. The Hall–Kier alpha value is -1.15. The third kappa shape index (κ3) is 2.42. The van der Waals surface area contributed by atoms with Gasteiger partial charge in [0.25, 0.3) is 0 Å². The summed E-state index contributed by atoms with van der Waals surface area (Å²) in [7, 11) is 0. The number of aromatic nitrogens is 3. The highest BCUT2D eigenvalue weighted by atomic mass is 32.2. The van der Waals surface area contributed by atoms with Crippen molar-refractivity contribution in [3.63, 3.8) is 0 Å². The maximum atomic E-state index is 11.3. The van der Waals surface area contributed by atoms with E-state index in [0.29, 0.717) is 11.6 Å². The minimum atomic E-state index is -0.164. The van der Waals surface area contributed by atoms with Crippen molar-refractivity contribution in [2.45, 2.75) is 31.5 Å². The molecule has 0 aliphatic heterocycles. The van der Waals surface area contributed by atoms with E-state index in [0.717, 1.165) is 5.75 Å². The van der Waals surface area contributed by atoms with Gasteiger partial charge in [0.1, 0.15) is 0 Å². The van der Waals surface area contributed by atoms with Crippen LogP contribution in [0.3, 0.4) is 0 Å². The molecule has 0 aromatic carbocycles. The zero-order valence-electron chi connectivity index (χ0n) is 8.28. The van der Waals surface area contributed by atoms with E-state index in [4.69, 9.17) is 6.42 Å². The Balaban J connectivity index is 2.77. The highest BCUT2D eigenvalue weighted by molar-refractivity contribution is 7.99. The number of H-pyrrole nitrogens is 1. The Labute approximate surface area is 87.1 Å². The second-order valence-corrected chi connectivity index (χ2v) is 4.14. The molecule has 0 atom stereocenters. The maximum absolute atomic E-state index is 11.3. The van der Waals surface area contributed by atoms with Crippen LogP contribution in [0.4, 0.5) is 0 Å². The number of nitrogens with one attached hydrogen (secondary N) is 1. The van der Waals surface area contributed by atoms with Crippen molar-refractivity contribution >= 4 is 11.8 Å². The summed E-state index contributed by atoms with van der Waals surface area (Å²) in [5.41, 5.74) is -0.164. The largest absolute Gasteiger partial charge is 0.344 e. The molecule has 0 unspecified atom stereocenters. The normalized spacial score (nSPS) is 10.4. The van der Waals surface area contributed by atoms with Gasteiger partial charge in [-0.2, -0.15) is 0 Å². The first-order valence-electron chi connectivity index (χ1n) is 4.40. The summed E-state index contributed by atoms with van der Waals surface area (Å²) < 4.78 is 1.63. The van der Waals surface area contributed by atoms with Crippen LogP contribution in [0.1, 0.15) is 26.3 Å². The van der Waals surface area contributed by atoms with Gasteiger partial charge in [0.05, 0.1) is 0 Å². The van der Waals surface area contributed by atoms with Gasteiger partial charge in [0.15, 0.2) is 5.16 Å². The van der Waals surface area contributed by atoms with E-state index in [1.165, 1.54) is 11.8 Å². The molecule has 0 radical (unpaired) electrons. The minimum Gasteiger partial charge on any atom is -0.268 e. The first kappa shape index (κ1) is 10.9. The number of terminal acetylenes is 1. The number of nitrogens with zero attached hydrogens (tertiary/aromatic N) is 2. The Morgan fingerprint density at radius 2 is 2.43 bits per heavy atom. The third-order valence-electron chi connectivity index (χ3n) is 1.67. The quantitative estimate of drug-likeness (QED) is 0.463. The smallest absolute Gasteiger partial charge is 0.268 e. The monoisotopic (exact) mass is 211 g/mol. The molecule has 1 heterocycles. The molecule has 1 aromatic rings. The summed E-state index contributed by atoms with van der Waals surface area (Å²) in [6, 6.07) is 0.120. The van der Waals surface area contributed by atoms with Gasteiger partial charge in [-0.15, -0.1) is 17.4 Å². The number of thioether (sulfide) groups is 1. The average Bonchev–Trinajstić information content (AvgIpc) is 2.47. The lowest BCUT2D eigenvalue weighted by Gasteiger charge is -2.07. The van der Waals surface area contributed by atoms with Crippen molar-refractivity contribution in [2.75, 3.05) is 5.75 Å². The molecule has 0 aliphatic rings. The number of hydrogen-bond donors (Lipinski definition) is 1. The number of aromatic amines is 1. The first-order chi connectivity index (χ1) is 6.66. The van der Waals surface area contributed by atoms with Gasteiger partial charge in [-0.1, -0.05) is 11.8 Å². The van der Waals surface area contributed by atoms with Crippen LogP contribution in [0.2, 0.25) is 0 Å². The molecule has 14 heavy (non-hydrogen) atoms. The standard InChI is InChI=1S/C9H13N3OS/c1-4-5-6-14-9-11-10-8(13)12(9)7(2)3/h1,7H,5-6H2,2-3H3,(H,10,13). The summed E-state index contributed by atoms with van der Waals surface area (Å²) in [4.78, 5) is 11.3. The molecule has 0 saturated carbocycles. The number of hydrogen-bond acceptors (Lipinski definition) is 3. The van der Waals surface area contributed by atoms with Crippen molar-refractivity contribution in [3.8, 4) is 12.3 Å². The molecule has 0 saturated heterocycles. The second kappa shape index (κ2) is 4.91. The van der Waals surface area contributed by atoms with Crippen molar-refractivity contribution in [3.05, 3.63) is 10.5 Å². The fourth-order valence-corrected chi connectivity index (χ4v) is 1.99. The van der Waals surface area contributed by atoms with Gasteiger partial charge in [0, 0.05) is 18.2 Å². The van der Waals surface area contributed by atoms with Gasteiger partial charge in [-0.05, 0) is 13.8 Å². The van der Waals surface area contributed by atoms with Crippen LogP contribution in [0.15, 0.2) is 9.95 Å². The van der Waals surface area contributed by atoms with Crippen LogP contribution in [0.5, 0.6) is 0 Å². The van der Waals surface area contributed by atoms with Crippen molar-refractivity contribution in [1.82, 2.24) is 14.8 Å². The summed E-state index contributed by atoms with van der Waals surface area (Å²) >= 11 is 1.50. The second-order valence-electron chi connectivity index (χ2n) is 3.08. The fraction of sp³-hybridized carbons (Fsp3) is 0.556. The molecular formula is C9H13N3OS. The molecule has 1 N–H and O–H groups in total. The van der Waals surface area contributed by atoms with Crippen LogP contribution in [0, 0.1) is 12.3 Å². The van der Waals surface area contributed by atoms with E-state index in [1.807, 2.05) is 13.8 Å². The molecule has 5 heteroatoms. The zero-order chi connectivity index (χ0) is 10.6. The van der Waals surface area contributed by atoms with E-state index >= 15 is 0 Å². The summed E-state index contributed by atoms with van der Waals surface area (Å²) in [6.45, 7) is 3.89. The topological polar surface area (TPSA) is 50.7 Å². The van der Waals surface area contributed by atoms with Crippen molar-refractivity contribution in [2.24, 2.45) is 0 Å². The van der Waals surface area contributed by atoms with Gasteiger partial charge < -0.3 is 0 Å². The van der Waals surface area contributed by atoms with E-state index in [9.17, 15) is 4.79 Å². The van der Waals surface area contributed by atoms with Gasteiger partial charge in [-0.3, -0.25) is 4.57 Å². The molecule has 4 nitrogen and oxygen atoms in total. The highest BCUT2D eigenvalue weighted by Crippen LogP contribution is 2.16. The Morgan fingerprint density at radius 3 is 3.00 bits per heavy atom. The Morgan fingerprint density at radius 1 is 1.71 bits per heavy atom. The lowest BCUT2D eigenvalue weighted by Crippen LogP contribution is -2.19. The van der Waals surface area contributed by atoms with Crippen LogP contribution >= 0.6 is 11.8 Å². The molecule has 0 spiro atoms. The average molecular weight is 211 g/mol. The predicted octanol–water partition coefficient (Wildman–Crippen LogP) is 1.27. The zero-order valence-corrected chi connectivity index (χ0v) is 9.10. The Bertz CT molecular complexity index is 385. The molecule has 0 fully saturated rings. The van der Waals surface area contributed by atoms with Crippen LogP contribution in [-0.4, -0.2) is 20.5 Å². The molecule has 0 bridgehead atoms. The summed E-state index contributed by atoms with van der Waals surface area (Å²) in [5, 5.41) is 7.07. The summed E-state index contributed by atoms with van der Waals surface area (Å²) in [6.07, 6.45) is 5.82. The van der Waals surface area contributed by atoms with E-state index < -0.39 is 0 Å². The van der Waals surface area contributed by atoms with Crippen LogP contribution < -0.4 is 5.69 Å². The first-order valence-corrected chi connectivity index (χ1v) is 5.38. The maximum Gasteiger partial charge on any atom is 0.344 e. The van der Waals surface area contributed by atoms with Crippen molar-refractivity contribution in [1.29, 1.82) is 0 Å². The van der Waals surface area contributed by atoms with E-state index in [2.05, 4.69) is 16.1 Å². The third-order valence-corrected chi connectivity index (χ3v) is 2.62. The van der Waals surface area contributed by atoms with Crippen molar-refractivity contribution < 1.29 is 0 Å². The minimum absolute atomic E-state index is 0.120. The van der Waals surface area contributed by atoms with Gasteiger partial charge in [-0.25, -0.2) is 9.89 Å².